The number of benzene rings is 1. The summed E-state index contributed by atoms with van der Waals surface area (Å²) in [7, 11) is 1.53. The van der Waals surface area contributed by atoms with Crippen LogP contribution >= 0.6 is 11.6 Å². The van der Waals surface area contributed by atoms with E-state index in [1.807, 2.05) is 0 Å². The Kier molecular flexibility index (Phi) is 16.4. The van der Waals surface area contributed by atoms with Crippen LogP contribution in [0.25, 0.3) is 23.0 Å². The Morgan fingerprint density at radius 2 is 1.36 bits per heavy atom. The third-order valence-electron chi connectivity index (χ3n) is 2.54. The second-order valence-electron chi connectivity index (χ2n) is 5.84. The van der Waals surface area contributed by atoms with Crippen molar-refractivity contribution in [3.63, 3.8) is 0 Å². The lowest BCUT2D eigenvalue weighted by Crippen LogP contribution is -1.90. The number of carboxylic acid groups (broad SMARTS) is 4. The normalized spacial score (nSPS) is 8.72. The molecule has 0 spiro atoms. The van der Waals surface area contributed by atoms with E-state index in [4.69, 9.17) is 66.2 Å². The number of methoxy groups -OCH3 is 1. The van der Waals surface area contributed by atoms with Gasteiger partial charge in [0.15, 0.2) is 11.5 Å². The van der Waals surface area contributed by atoms with Crippen molar-refractivity contribution < 1.29 is 53.5 Å². The largest absolute Gasteiger partial charge is 0.496 e. The molecule has 6 N–H and O–H groups in total. The SMILES string of the molecule is CC(=O)O.CC(=O)O.CC(=O)O.CC(=O)O.COc1ccc(Cl)cc1-c1nc(-c2nonc2N)no1. The molecule has 3 rings (SSSR count). The van der Waals surface area contributed by atoms with E-state index < -0.39 is 23.9 Å². The summed E-state index contributed by atoms with van der Waals surface area (Å²) in [6.45, 7) is 4.33. The molecule has 0 aliphatic carbocycles. The van der Waals surface area contributed by atoms with Crippen molar-refractivity contribution in [3.8, 4) is 28.7 Å². The Morgan fingerprint density at radius 3 is 1.75 bits per heavy atom. The maximum atomic E-state index is 9.00. The molecule has 36 heavy (non-hydrogen) atoms. The summed E-state index contributed by atoms with van der Waals surface area (Å²) in [5, 5.41) is 41.0. The van der Waals surface area contributed by atoms with Gasteiger partial charge < -0.3 is 35.4 Å². The molecule has 2 heterocycles. The molecule has 1 aromatic carbocycles. The molecule has 0 aliphatic rings. The molecule has 0 atom stereocenters. The van der Waals surface area contributed by atoms with Crippen LogP contribution in [-0.4, -0.2) is 71.9 Å². The first-order chi connectivity index (χ1) is 16.6. The predicted molar refractivity (Wildman–Crippen MR) is 122 cm³/mol. The molecule has 0 saturated carbocycles. The van der Waals surface area contributed by atoms with Crippen molar-refractivity contribution in [3.05, 3.63) is 23.2 Å². The van der Waals surface area contributed by atoms with Gasteiger partial charge in [0.2, 0.25) is 5.82 Å². The zero-order valence-corrected chi connectivity index (χ0v) is 20.4. The highest BCUT2D eigenvalue weighted by Gasteiger charge is 2.19. The average molecular weight is 534 g/mol. The van der Waals surface area contributed by atoms with E-state index in [1.165, 1.54) is 7.11 Å². The molecule has 0 bridgehead atoms. The van der Waals surface area contributed by atoms with Crippen LogP contribution in [0.2, 0.25) is 5.02 Å². The Labute approximate surface area is 208 Å². The Balaban J connectivity index is 0. The molecule has 0 unspecified atom stereocenters. The summed E-state index contributed by atoms with van der Waals surface area (Å²) in [5.41, 5.74) is 6.34. The molecular weight excluding hydrogens is 510 g/mol. The maximum absolute atomic E-state index is 9.00. The molecule has 0 saturated heterocycles. The highest BCUT2D eigenvalue weighted by Crippen LogP contribution is 2.32. The standard InChI is InChI=1S/C11H8ClN5O3.4C2H4O2/c1-18-7-3-2-5(12)4-6(7)11-14-10(17-19-11)8-9(13)16-20-15-8;4*1-2(3)4/h2-4H,1H3,(H2,13,16);4*1H3,(H,3,4). The van der Waals surface area contributed by atoms with Gasteiger partial charge in [0.1, 0.15) is 5.75 Å². The van der Waals surface area contributed by atoms with Crippen molar-refractivity contribution in [2.24, 2.45) is 0 Å². The minimum Gasteiger partial charge on any atom is -0.496 e. The number of halogens is 1. The van der Waals surface area contributed by atoms with Gasteiger partial charge in [-0.25, -0.2) is 4.63 Å². The summed E-state index contributed by atoms with van der Waals surface area (Å²) in [4.78, 5) is 40.2. The lowest BCUT2D eigenvalue weighted by molar-refractivity contribution is -0.135. The summed E-state index contributed by atoms with van der Waals surface area (Å²) in [6.07, 6.45) is 0. The van der Waals surface area contributed by atoms with Crippen LogP contribution in [0.1, 0.15) is 27.7 Å². The van der Waals surface area contributed by atoms with Crippen molar-refractivity contribution in [2.75, 3.05) is 12.8 Å². The summed E-state index contributed by atoms with van der Waals surface area (Å²) < 4.78 is 14.9. The molecule has 17 heteroatoms. The number of nitrogen functional groups attached to an aromatic ring is 1. The van der Waals surface area contributed by atoms with Gasteiger partial charge in [0.05, 0.1) is 12.7 Å². The van der Waals surface area contributed by atoms with Crippen LogP contribution in [0.3, 0.4) is 0 Å². The Hall–Kier alpha value is -4.73. The lowest BCUT2D eigenvalue weighted by Gasteiger charge is -2.04. The van der Waals surface area contributed by atoms with E-state index in [-0.39, 0.29) is 23.2 Å². The maximum Gasteiger partial charge on any atom is 0.300 e. The number of aromatic nitrogens is 4. The lowest BCUT2D eigenvalue weighted by atomic mass is 10.2. The molecule has 0 aliphatic heterocycles. The number of hydrogen-bond donors (Lipinski definition) is 5. The van der Waals surface area contributed by atoms with Gasteiger partial charge in [-0.3, -0.25) is 19.2 Å². The van der Waals surface area contributed by atoms with Gasteiger partial charge in [-0.2, -0.15) is 4.98 Å². The number of carboxylic acids is 4. The number of ether oxygens (including phenoxy) is 1. The molecule has 0 radical (unpaired) electrons. The number of rotatable bonds is 3. The number of hydrogen-bond acceptors (Lipinski definition) is 12. The van der Waals surface area contributed by atoms with E-state index in [2.05, 4.69) is 25.1 Å². The quantitative estimate of drug-likeness (QED) is 0.323. The summed E-state index contributed by atoms with van der Waals surface area (Å²) >= 11 is 5.95. The highest BCUT2D eigenvalue weighted by atomic mass is 35.5. The zero-order valence-electron chi connectivity index (χ0n) is 19.6. The second-order valence-corrected chi connectivity index (χ2v) is 6.28. The first-order valence-corrected chi connectivity index (χ1v) is 9.54. The molecule has 16 nitrogen and oxygen atoms in total. The predicted octanol–water partition coefficient (Wildman–Crippen LogP) is 2.39. The van der Waals surface area contributed by atoms with E-state index in [1.54, 1.807) is 18.2 Å². The van der Waals surface area contributed by atoms with Crippen LogP contribution in [0, 0.1) is 0 Å². The van der Waals surface area contributed by atoms with E-state index in [0.717, 1.165) is 27.7 Å². The summed E-state index contributed by atoms with van der Waals surface area (Å²) in [6, 6.07) is 5.05. The van der Waals surface area contributed by atoms with Crippen molar-refractivity contribution in [1.29, 1.82) is 0 Å². The molecule has 2 aromatic heterocycles. The fourth-order valence-electron chi connectivity index (χ4n) is 1.63. The van der Waals surface area contributed by atoms with Crippen molar-refractivity contribution >= 4 is 41.3 Å². The van der Waals surface area contributed by atoms with Crippen LogP contribution in [-0.2, 0) is 19.2 Å². The van der Waals surface area contributed by atoms with Crippen molar-refractivity contribution in [1.82, 2.24) is 20.5 Å². The first kappa shape index (κ1) is 33.4. The van der Waals surface area contributed by atoms with Gasteiger partial charge in [0, 0.05) is 32.7 Å². The van der Waals surface area contributed by atoms with Gasteiger partial charge in [0.25, 0.3) is 29.8 Å². The minimum atomic E-state index is -0.833. The van der Waals surface area contributed by atoms with Gasteiger partial charge in [-0.1, -0.05) is 16.8 Å². The Bertz CT molecular complexity index is 1070. The number of carbonyl (C=O) groups is 4. The van der Waals surface area contributed by atoms with Gasteiger partial charge in [-0.05, 0) is 28.5 Å². The van der Waals surface area contributed by atoms with Crippen LogP contribution in [0.5, 0.6) is 5.75 Å². The smallest absolute Gasteiger partial charge is 0.300 e. The number of nitrogens with zero attached hydrogens (tertiary/aromatic N) is 4. The number of nitrogens with two attached hydrogens (primary N) is 1. The van der Waals surface area contributed by atoms with E-state index in [9.17, 15) is 0 Å². The molecule has 3 aromatic rings. The monoisotopic (exact) mass is 533 g/mol. The van der Waals surface area contributed by atoms with Crippen LogP contribution < -0.4 is 10.5 Å². The molecule has 0 fully saturated rings. The second kappa shape index (κ2) is 17.7. The summed E-state index contributed by atoms with van der Waals surface area (Å²) in [5.74, 6) is -2.31. The topological polar surface area (TPSA) is 262 Å². The average Bonchev–Trinajstić information content (AvgIpc) is 3.35. The molecule has 0 amide bonds. The fraction of sp³-hybridized carbons (Fsp3) is 0.263. The third-order valence-corrected chi connectivity index (χ3v) is 2.78. The number of aliphatic carboxylic acids is 4. The number of anilines is 1. The highest BCUT2D eigenvalue weighted by molar-refractivity contribution is 6.30. The van der Waals surface area contributed by atoms with E-state index >= 15 is 0 Å². The van der Waals surface area contributed by atoms with E-state index in [0.29, 0.717) is 16.3 Å². The Morgan fingerprint density at radius 1 is 0.889 bits per heavy atom. The van der Waals surface area contributed by atoms with Gasteiger partial charge >= 0.3 is 0 Å². The van der Waals surface area contributed by atoms with Gasteiger partial charge in [-0.15, -0.1) is 0 Å². The first-order valence-electron chi connectivity index (χ1n) is 9.16. The zero-order chi connectivity index (χ0) is 28.4. The van der Waals surface area contributed by atoms with Crippen molar-refractivity contribution in [2.45, 2.75) is 27.7 Å². The molecule has 198 valence electrons. The molecular formula is C19H24ClN5O11. The third kappa shape index (κ3) is 16.8. The fourth-order valence-corrected chi connectivity index (χ4v) is 1.80. The minimum absolute atomic E-state index is 0.0791. The van der Waals surface area contributed by atoms with Crippen LogP contribution in [0.15, 0.2) is 27.4 Å². The van der Waals surface area contributed by atoms with Crippen LogP contribution in [0.4, 0.5) is 5.82 Å².